The summed E-state index contributed by atoms with van der Waals surface area (Å²) in [4.78, 5) is 11.7. The van der Waals surface area contributed by atoms with Crippen molar-refractivity contribution < 1.29 is 9.53 Å². The van der Waals surface area contributed by atoms with Gasteiger partial charge in [-0.2, -0.15) is 0 Å². The number of benzene rings is 1. The van der Waals surface area contributed by atoms with E-state index in [1.54, 1.807) is 18.2 Å². The Balaban J connectivity index is 1.64. The first-order chi connectivity index (χ1) is 10.5. The number of nitrogen functional groups attached to an aromatic ring is 1. The van der Waals surface area contributed by atoms with Crippen LogP contribution in [-0.2, 0) is 11.3 Å². The molecule has 1 aromatic carbocycles. The Morgan fingerprint density at radius 3 is 2.86 bits per heavy atom. The number of halogens is 2. The molecule has 0 bridgehead atoms. The molecule has 0 saturated heterocycles. The molecule has 0 radical (unpaired) electrons. The highest BCUT2D eigenvalue weighted by Gasteiger charge is 2.06. The summed E-state index contributed by atoms with van der Waals surface area (Å²) in [7, 11) is 0. The van der Waals surface area contributed by atoms with Gasteiger partial charge in [0.15, 0.2) is 0 Å². The van der Waals surface area contributed by atoms with E-state index in [-0.39, 0.29) is 5.91 Å². The van der Waals surface area contributed by atoms with Gasteiger partial charge in [0.1, 0.15) is 10.8 Å². The summed E-state index contributed by atoms with van der Waals surface area (Å²) in [6.45, 7) is 0.720. The number of ether oxygens (including phenoxy) is 1. The van der Waals surface area contributed by atoms with Crippen molar-refractivity contribution in [3.63, 3.8) is 0 Å². The molecule has 0 spiro atoms. The maximum Gasteiger partial charge on any atom is 0.220 e. The maximum absolute atomic E-state index is 11.7. The first-order valence-corrected chi connectivity index (χ1v) is 8.04. The molecular weight excluding hydrogens is 347 g/mol. The fourth-order valence-electron chi connectivity index (χ4n) is 1.61. The van der Waals surface area contributed by atoms with E-state index < -0.39 is 0 Å². The van der Waals surface area contributed by atoms with Crippen molar-refractivity contribution in [2.45, 2.75) is 19.4 Å². The molecule has 0 aliphatic rings. The van der Waals surface area contributed by atoms with E-state index >= 15 is 0 Å². The molecule has 0 saturated carbocycles. The highest BCUT2D eigenvalue weighted by atomic mass is 35.5. The van der Waals surface area contributed by atoms with E-state index in [0.29, 0.717) is 51.9 Å². The molecule has 2 rings (SSSR count). The summed E-state index contributed by atoms with van der Waals surface area (Å²) < 4.78 is 5.50. The van der Waals surface area contributed by atoms with Gasteiger partial charge in [-0.05, 0) is 24.6 Å². The number of rotatable bonds is 7. The summed E-state index contributed by atoms with van der Waals surface area (Å²) in [6, 6.07) is 5.01. The lowest BCUT2D eigenvalue weighted by atomic mass is 10.3. The van der Waals surface area contributed by atoms with Crippen molar-refractivity contribution in [2.24, 2.45) is 0 Å². The first kappa shape index (κ1) is 16.8. The van der Waals surface area contributed by atoms with Crippen LogP contribution in [0.5, 0.6) is 5.75 Å². The van der Waals surface area contributed by atoms with Crippen molar-refractivity contribution in [2.75, 3.05) is 12.3 Å². The second-order valence-corrected chi connectivity index (χ2v) is 6.27. The topological polar surface area (TPSA) is 90.1 Å². The zero-order chi connectivity index (χ0) is 15.9. The quantitative estimate of drug-likeness (QED) is 0.740. The minimum atomic E-state index is -0.0837. The third kappa shape index (κ3) is 5.32. The minimum Gasteiger partial charge on any atom is -0.492 e. The van der Waals surface area contributed by atoms with Crippen LogP contribution < -0.4 is 15.8 Å². The van der Waals surface area contributed by atoms with Gasteiger partial charge in [0.25, 0.3) is 0 Å². The van der Waals surface area contributed by atoms with E-state index in [9.17, 15) is 4.79 Å². The van der Waals surface area contributed by atoms with Crippen LogP contribution in [0, 0.1) is 0 Å². The minimum absolute atomic E-state index is 0.0837. The molecule has 0 aliphatic carbocycles. The summed E-state index contributed by atoms with van der Waals surface area (Å²) >= 11 is 13.0. The molecule has 2 aromatic rings. The summed E-state index contributed by atoms with van der Waals surface area (Å²) in [6.07, 6.45) is 0.919. The monoisotopic (exact) mass is 360 g/mol. The van der Waals surface area contributed by atoms with Crippen LogP contribution in [0.4, 0.5) is 5.13 Å². The van der Waals surface area contributed by atoms with Crippen molar-refractivity contribution in [1.29, 1.82) is 0 Å². The first-order valence-electron chi connectivity index (χ1n) is 6.47. The second kappa shape index (κ2) is 8.17. The number of hydrogen-bond acceptors (Lipinski definition) is 6. The average molecular weight is 361 g/mol. The van der Waals surface area contributed by atoms with Gasteiger partial charge in [-0.1, -0.05) is 34.5 Å². The number of nitrogens with one attached hydrogen (secondary N) is 1. The third-order valence-corrected chi connectivity index (χ3v) is 3.90. The van der Waals surface area contributed by atoms with Crippen molar-refractivity contribution >= 4 is 45.6 Å². The Bertz CT molecular complexity index is 651. The predicted molar refractivity (Wildman–Crippen MR) is 87.4 cm³/mol. The van der Waals surface area contributed by atoms with Crippen LogP contribution >= 0.6 is 34.5 Å². The molecule has 0 unspecified atom stereocenters. The van der Waals surface area contributed by atoms with E-state index in [1.165, 1.54) is 11.3 Å². The highest BCUT2D eigenvalue weighted by Crippen LogP contribution is 2.27. The summed E-state index contributed by atoms with van der Waals surface area (Å²) in [5.74, 6) is 0.468. The van der Waals surface area contributed by atoms with Gasteiger partial charge in [-0.25, -0.2) is 0 Å². The van der Waals surface area contributed by atoms with Gasteiger partial charge in [0, 0.05) is 11.4 Å². The Labute approximate surface area is 141 Å². The molecule has 0 atom stereocenters. The Kier molecular flexibility index (Phi) is 6.23. The number of nitrogens with zero attached hydrogens (tertiary/aromatic N) is 2. The third-order valence-electron chi connectivity index (χ3n) is 2.62. The number of hydrogen-bond donors (Lipinski definition) is 2. The molecule has 22 heavy (non-hydrogen) atoms. The van der Waals surface area contributed by atoms with Crippen LogP contribution in [0.1, 0.15) is 17.8 Å². The number of carbonyl (C=O) groups is 1. The van der Waals surface area contributed by atoms with Crippen molar-refractivity contribution in [3.8, 4) is 5.75 Å². The zero-order valence-corrected chi connectivity index (χ0v) is 13.8. The fourth-order valence-corrected chi connectivity index (χ4v) is 2.62. The zero-order valence-electron chi connectivity index (χ0n) is 11.5. The van der Waals surface area contributed by atoms with Gasteiger partial charge in [-0.3, -0.25) is 4.79 Å². The van der Waals surface area contributed by atoms with E-state index in [0.717, 1.165) is 0 Å². The van der Waals surface area contributed by atoms with E-state index in [2.05, 4.69) is 15.5 Å². The second-order valence-electron chi connectivity index (χ2n) is 4.34. The van der Waals surface area contributed by atoms with Crippen LogP contribution in [0.3, 0.4) is 0 Å². The molecule has 118 valence electrons. The van der Waals surface area contributed by atoms with E-state index in [1.807, 2.05) is 0 Å². The van der Waals surface area contributed by atoms with Crippen molar-refractivity contribution in [3.05, 3.63) is 33.3 Å². The Hall–Kier alpha value is -1.57. The van der Waals surface area contributed by atoms with E-state index in [4.69, 9.17) is 33.7 Å². The standard InChI is InChI=1S/C13H14Cl2N4O2S/c14-8-3-4-10(9(15)6-8)21-5-1-2-11(20)17-7-12-18-19-13(16)22-12/h3-4,6H,1-2,5,7H2,(H2,16,19)(H,17,20). The normalized spacial score (nSPS) is 10.5. The van der Waals surface area contributed by atoms with Gasteiger partial charge >= 0.3 is 0 Å². The lowest BCUT2D eigenvalue weighted by Gasteiger charge is -2.08. The van der Waals surface area contributed by atoms with Gasteiger partial charge in [0.05, 0.1) is 18.2 Å². The number of amides is 1. The predicted octanol–water partition coefficient (Wildman–Crippen LogP) is 2.90. The molecule has 6 nitrogen and oxygen atoms in total. The highest BCUT2D eigenvalue weighted by molar-refractivity contribution is 7.15. The molecule has 1 heterocycles. The maximum atomic E-state index is 11.7. The smallest absolute Gasteiger partial charge is 0.220 e. The number of aromatic nitrogens is 2. The molecule has 9 heteroatoms. The Morgan fingerprint density at radius 1 is 1.36 bits per heavy atom. The molecule has 3 N–H and O–H groups in total. The largest absolute Gasteiger partial charge is 0.492 e. The van der Waals surface area contributed by atoms with Crippen molar-refractivity contribution in [1.82, 2.24) is 15.5 Å². The fraction of sp³-hybridized carbons (Fsp3) is 0.308. The van der Waals surface area contributed by atoms with Crippen LogP contribution in [0.15, 0.2) is 18.2 Å². The van der Waals surface area contributed by atoms with Gasteiger partial charge in [0.2, 0.25) is 11.0 Å². The molecule has 0 aliphatic heterocycles. The lowest BCUT2D eigenvalue weighted by molar-refractivity contribution is -0.121. The van der Waals surface area contributed by atoms with Gasteiger partial charge in [-0.15, -0.1) is 10.2 Å². The molecular formula is C13H14Cl2N4O2S. The number of carbonyl (C=O) groups excluding carboxylic acids is 1. The Morgan fingerprint density at radius 2 is 2.18 bits per heavy atom. The lowest BCUT2D eigenvalue weighted by Crippen LogP contribution is -2.22. The molecule has 1 aromatic heterocycles. The summed E-state index contributed by atoms with van der Waals surface area (Å²) in [5, 5.41) is 12.3. The number of nitrogens with two attached hydrogens (primary N) is 1. The van der Waals surface area contributed by atoms with Crippen LogP contribution in [0.25, 0.3) is 0 Å². The SMILES string of the molecule is Nc1nnc(CNC(=O)CCCOc2ccc(Cl)cc2Cl)s1. The molecule has 1 amide bonds. The average Bonchev–Trinajstić information content (AvgIpc) is 2.89. The van der Waals surface area contributed by atoms with Gasteiger partial charge < -0.3 is 15.8 Å². The van der Waals surface area contributed by atoms with Crippen LogP contribution in [-0.4, -0.2) is 22.7 Å². The van der Waals surface area contributed by atoms with Crippen LogP contribution in [0.2, 0.25) is 10.0 Å². The summed E-state index contributed by atoms with van der Waals surface area (Å²) in [5.41, 5.74) is 5.46. The number of anilines is 1. The molecule has 0 fully saturated rings.